The number of carbonyl (C=O) groups is 1. The first kappa shape index (κ1) is 15.4. The smallest absolute Gasteiger partial charge is 0.234 e. The number of nitrogen functional groups attached to an aromatic ring is 1. The lowest BCUT2D eigenvalue weighted by atomic mass is 10.1. The molecule has 0 bridgehead atoms. The molecule has 0 fully saturated rings. The Morgan fingerprint density at radius 1 is 1.33 bits per heavy atom. The highest BCUT2D eigenvalue weighted by Gasteiger charge is 2.11. The van der Waals surface area contributed by atoms with E-state index in [1.54, 1.807) is 0 Å². The van der Waals surface area contributed by atoms with Crippen LogP contribution >= 0.6 is 11.8 Å². The molecule has 1 aromatic heterocycles. The van der Waals surface area contributed by atoms with E-state index in [1.807, 2.05) is 39.0 Å². The fourth-order valence-corrected chi connectivity index (χ4v) is 2.47. The summed E-state index contributed by atoms with van der Waals surface area (Å²) in [5.74, 6) is 6.68. The lowest BCUT2D eigenvalue weighted by Crippen LogP contribution is -2.17. The molecule has 0 radical (unpaired) electrons. The highest BCUT2D eigenvalue weighted by atomic mass is 32.2. The molecule has 3 N–H and O–H groups in total. The second kappa shape index (κ2) is 6.62. The lowest BCUT2D eigenvalue weighted by Gasteiger charge is -2.07. The molecule has 21 heavy (non-hydrogen) atoms. The molecule has 0 saturated heterocycles. The van der Waals surface area contributed by atoms with Gasteiger partial charge in [0.25, 0.3) is 0 Å². The van der Waals surface area contributed by atoms with Gasteiger partial charge in [-0.3, -0.25) is 4.79 Å². The summed E-state index contributed by atoms with van der Waals surface area (Å²) in [5.41, 5.74) is 3.15. The molecular formula is C14H19N5OS. The number of hydrogen-bond donors (Lipinski definition) is 2. The Morgan fingerprint density at radius 2 is 2.10 bits per heavy atom. The Kier molecular flexibility index (Phi) is 4.85. The Morgan fingerprint density at radius 3 is 2.71 bits per heavy atom. The van der Waals surface area contributed by atoms with E-state index in [-0.39, 0.29) is 11.7 Å². The summed E-state index contributed by atoms with van der Waals surface area (Å²) in [6.07, 6.45) is 0.707. The number of hydrogen-bond acceptors (Lipinski definition) is 5. The molecule has 2 rings (SSSR count). The number of aromatic nitrogens is 3. The Hall–Kier alpha value is -2.02. The van der Waals surface area contributed by atoms with Crippen molar-refractivity contribution in [3.8, 4) is 0 Å². The number of anilines is 1. The van der Waals surface area contributed by atoms with Crippen molar-refractivity contribution in [2.24, 2.45) is 0 Å². The summed E-state index contributed by atoms with van der Waals surface area (Å²) >= 11 is 1.27. The molecule has 0 aliphatic carbocycles. The van der Waals surface area contributed by atoms with Gasteiger partial charge in [0.1, 0.15) is 0 Å². The van der Waals surface area contributed by atoms with E-state index in [0.29, 0.717) is 17.4 Å². The number of carbonyl (C=O) groups excluding carboxylic acids is 1. The standard InChI is InChI=1S/C14H19N5OS/c1-4-12-17-18-14(19(12)15)21-8-13(20)16-11-6-5-9(2)10(3)7-11/h5-7H,4,8,15H2,1-3H3,(H,16,20). The lowest BCUT2D eigenvalue weighted by molar-refractivity contribution is -0.113. The van der Waals surface area contributed by atoms with Gasteiger partial charge in [-0.1, -0.05) is 24.8 Å². The van der Waals surface area contributed by atoms with Crippen LogP contribution in [0.25, 0.3) is 0 Å². The van der Waals surface area contributed by atoms with Gasteiger partial charge in [-0.2, -0.15) is 0 Å². The number of aryl methyl sites for hydroxylation is 3. The topological polar surface area (TPSA) is 85.8 Å². The van der Waals surface area contributed by atoms with E-state index in [9.17, 15) is 4.79 Å². The Labute approximate surface area is 128 Å². The highest BCUT2D eigenvalue weighted by molar-refractivity contribution is 7.99. The van der Waals surface area contributed by atoms with Crippen LogP contribution in [0.15, 0.2) is 23.4 Å². The maximum Gasteiger partial charge on any atom is 0.234 e. The van der Waals surface area contributed by atoms with Crippen LogP contribution in [-0.2, 0) is 11.2 Å². The van der Waals surface area contributed by atoms with Crippen molar-refractivity contribution >= 4 is 23.4 Å². The first-order valence-corrected chi connectivity index (χ1v) is 7.69. The first-order chi connectivity index (χ1) is 10.0. The molecule has 0 atom stereocenters. The van der Waals surface area contributed by atoms with Crippen LogP contribution in [-0.4, -0.2) is 26.5 Å². The molecule has 112 valence electrons. The molecule has 1 heterocycles. The molecule has 6 nitrogen and oxygen atoms in total. The number of nitrogens with zero attached hydrogens (tertiary/aromatic N) is 3. The molecule has 0 saturated carbocycles. The zero-order valence-electron chi connectivity index (χ0n) is 12.4. The minimum absolute atomic E-state index is 0.0932. The van der Waals surface area contributed by atoms with Gasteiger partial charge in [-0.05, 0) is 37.1 Å². The van der Waals surface area contributed by atoms with Gasteiger partial charge in [-0.25, -0.2) is 4.68 Å². The average molecular weight is 305 g/mol. The molecular weight excluding hydrogens is 286 g/mol. The summed E-state index contributed by atoms with van der Waals surface area (Å²) < 4.78 is 1.42. The van der Waals surface area contributed by atoms with Crippen molar-refractivity contribution in [1.29, 1.82) is 0 Å². The maximum atomic E-state index is 11.9. The third-order valence-electron chi connectivity index (χ3n) is 3.17. The van der Waals surface area contributed by atoms with Crippen molar-refractivity contribution in [2.75, 3.05) is 16.9 Å². The molecule has 1 aromatic carbocycles. The Bertz CT molecular complexity index is 653. The number of amides is 1. The monoisotopic (exact) mass is 305 g/mol. The molecule has 0 spiro atoms. The zero-order chi connectivity index (χ0) is 15.4. The minimum Gasteiger partial charge on any atom is -0.336 e. The number of nitrogens with one attached hydrogen (secondary N) is 1. The average Bonchev–Trinajstić information content (AvgIpc) is 2.81. The van der Waals surface area contributed by atoms with Crippen molar-refractivity contribution in [3.05, 3.63) is 35.2 Å². The van der Waals surface area contributed by atoms with Crippen LogP contribution in [0, 0.1) is 13.8 Å². The fraction of sp³-hybridized carbons (Fsp3) is 0.357. The van der Waals surface area contributed by atoms with E-state index >= 15 is 0 Å². The number of thioether (sulfide) groups is 1. The number of benzene rings is 1. The molecule has 2 aromatic rings. The minimum atomic E-state index is -0.0932. The predicted molar refractivity (Wildman–Crippen MR) is 84.8 cm³/mol. The maximum absolute atomic E-state index is 11.9. The number of nitrogens with two attached hydrogens (primary N) is 1. The summed E-state index contributed by atoms with van der Waals surface area (Å²) in [7, 11) is 0. The van der Waals surface area contributed by atoms with Crippen molar-refractivity contribution < 1.29 is 4.79 Å². The van der Waals surface area contributed by atoms with Crippen LogP contribution in [0.5, 0.6) is 0 Å². The zero-order valence-corrected chi connectivity index (χ0v) is 13.2. The van der Waals surface area contributed by atoms with Crippen LogP contribution < -0.4 is 11.2 Å². The van der Waals surface area contributed by atoms with Gasteiger partial charge in [0, 0.05) is 12.1 Å². The van der Waals surface area contributed by atoms with Crippen LogP contribution in [0.1, 0.15) is 23.9 Å². The second-order valence-corrected chi connectivity index (χ2v) is 5.70. The van der Waals surface area contributed by atoms with E-state index in [2.05, 4.69) is 15.5 Å². The quantitative estimate of drug-likeness (QED) is 0.651. The van der Waals surface area contributed by atoms with Gasteiger partial charge in [-0.15, -0.1) is 10.2 Å². The molecule has 0 aliphatic rings. The van der Waals surface area contributed by atoms with Crippen LogP contribution in [0.4, 0.5) is 5.69 Å². The summed E-state index contributed by atoms with van der Waals surface area (Å²) in [6, 6.07) is 5.84. The molecule has 0 aliphatic heterocycles. The van der Waals surface area contributed by atoms with E-state index in [1.165, 1.54) is 22.0 Å². The Balaban J connectivity index is 1.92. The first-order valence-electron chi connectivity index (χ1n) is 6.70. The fourth-order valence-electron chi connectivity index (χ4n) is 1.79. The van der Waals surface area contributed by atoms with Crippen molar-refractivity contribution in [2.45, 2.75) is 32.3 Å². The van der Waals surface area contributed by atoms with E-state index in [4.69, 9.17) is 5.84 Å². The van der Waals surface area contributed by atoms with Gasteiger partial charge in [0.15, 0.2) is 5.82 Å². The van der Waals surface area contributed by atoms with Gasteiger partial charge < -0.3 is 11.2 Å². The third kappa shape index (κ3) is 3.75. The highest BCUT2D eigenvalue weighted by Crippen LogP contribution is 2.17. The molecule has 1 amide bonds. The predicted octanol–water partition coefficient (Wildman–Crippen LogP) is 1.90. The SMILES string of the molecule is CCc1nnc(SCC(=O)Nc2ccc(C)c(C)c2)n1N. The summed E-state index contributed by atoms with van der Waals surface area (Å²) in [4.78, 5) is 11.9. The second-order valence-electron chi connectivity index (χ2n) is 4.76. The van der Waals surface area contributed by atoms with Crippen molar-refractivity contribution in [1.82, 2.24) is 14.9 Å². The number of rotatable bonds is 5. The molecule has 0 unspecified atom stereocenters. The van der Waals surface area contributed by atoms with Gasteiger partial charge in [0.05, 0.1) is 5.75 Å². The van der Waals surface area contributed by atoms with E-state index < -0.39 is 0 Å². The van der Waals surface area contributed by atoms with Crippen LogP contribution in [0.3, 0.4) is 0 Å². The van der Waals surface area contributed by atoms with Gasteiger partial charge >= 0.3 is 0 Å². The third-order valence-corrected chi connectivity index (χ3v) is 4.12. The van der Waals surface area contributed by atoms with Gasteiger partial charge in [0.2, 0.25) is 11.1 Å². The van der Waals surface area contributed by atoms with Crippen molar-refractivity contribution in [3.63, 3.8) is 0 Å². The normalized spacial score (nSPS) is 10.6. The summed E-state index contributed by atoms with van der Waals surface area (Å²) in [5, 5.41) is 11.3. The summed E-state index contributed by atoms with van der Waals surface area (Å²) in [6.45, 7) is 6.01. The largest absolute Gasteiger partial charge is 0.336 e. The van der Waals surface area contributed by atoms with Crippen LogP contribution in [0.2, 0.25) is 0 Å². The molecule has 7 heteroatoms. The van der Waals surface area contributed by atoms with E-state index in [0.717, 1.165) is 11.3 Å².